The third kappa shape index (κ3) is 6.11. The van der Waals surface area contributed by atoms with Crippen molar-refractivity contribution in [2.24, 2.45) is 0 Å². The van der Waals surface area contributed by atoms with E-state index in [4.69, 9.17) is 0 Å². The van der Waals surface area contributed by atoms with E-state index in [9.17, 15) is 14.4 Å². The summed E-state index contributed by atoms with van der Waals surface area (Å²) >= 11 is 1.10. The number of hydrogen-bond acceptors (Lipinski definition) is 5. The molecule has 0 aliphatic rings. The summed E-state index contributed by atoms with van der Waals surface area (Å²) in [5.41, 5.74) is 0.783. The molecule has 25 heavy (non-hydrogen) atoms. The lowest BCUT2D eigenvalue weighted by Gasteiger charge is -2.09. The van der Waals surface area contributed by atoms with Gasteiger partial charge in [-0.1, -0.05) is 42.1 Å². The second-order valence-electron chi connectivity index (χ2n) is 5.66. The maximum Gasteiger partial charge on any atom is 0.343 e. The smallest absolute Gasteiger partial charge is 0.336 e. The van der Waals surface area contributed by atoms with Crippen molar-refractivity contribution in [2.75, 3.05) is 5.75 Å². The van der Waals surface area contributed by atoms with Gasteiger partial charge in [-0.3, -0.25) is 14.7 Å². The van der Waals surface area contributed by atoms with Gasteiger partial charge in [0.15, 0.2) is 5.16 Å². The van der Waals surface area contributed by atoms with E-state index in [0.29, 0.717) is 18.1 Å². The monoisotopic (exact) mass is 363 g/mol. The first-order valence-electron chi connectivity index (χ1n) is 7.88. The fourth-order valence-electron chi connectivity index (χ4n) is 2.09. The molecule has 0 saturated heterocycles. The summed E-state index contributed by atoms with van der Waals surface area (Å²) in [7, 11) is 0. The summed E-state index contributed by atoms with van der Waals surface area (Å²) in [6.07, 6.45) is 0.677. The van der Waals surface area contributed by atoms with E-state index in [1.54, 1.807) is 13.8 Å². The number of amides is 3. The quantitative estimate of drug-likeness (QED) is 0.639. The summed E-state index contributed by atoms with van der Waals surface area (Å²) in [5, 5.41) is 11.5. The molecule has 0 fully saturated rings. The van der Waals surface area contributed by atoms with Crippen molar-refractivity contribution in [1.29, 1.82) is 0 Å². The summed E-state index contributed by atoms with van der Waals surface area (Å²) < 4.78 is 1.49. The van der Waals surface area contributed by atoms with E-state index in [0.717, 1.165) is 17.3 Å². The van der Waals surface area contributed by atoms with Crippen molar-refractivity contribution in [3.8, 4) is 0 Å². The number of carbonyl (C=O) groups is 2. The third-order valence-electron chi connectivity index (χ3n) is 3.20. The maximum atomic E-state index is 11.9. The molecule has 2 rings (SSSR count). The number of nitrogens with one attached hydrogen (secondary N) is 3. The van der Waals surface area contributed by atoms with Gasteiger partial charge in [0.2, 0.25) is 5.91 Å². The summed E-state index contributed by atoms with van der Waals surface area (Å²) in [5.74, 6) is -0.463. The predicted molar refractivity (Wildman–Crippen MR) is 95.5 cm³/mol. The molecule has 9 heteroatoms. The number of carbonyl (C=O) groups excluding carboxylic acids is 2. The Bertz CT molecular complexity index is 770. The van der Waals surface area contributed by atoms with E-state index >= 15 is 0 Å². The average molecular weight is 363 g/mol. The van der Waals surface area contributed by atoms with Crippen molar-refractivity contribution < 1.29 is 9.59 Å². The average Bonchev–Trinajstić information content (AvgIpc) is 2.91. The van der Waals surface area contributed by atoms with Gasteiger partial charge in [-0.05, 0) is 25.8 Å². The molecule has 1 heterocycles. The molecule has 3 amide bonds. The SMILES string of the molecule is CC(C)NC(=O)NC(=O)CSc1n[nH]c(=O)n1CCc1ccccc1. The standard InChI is InChI=1S/C16H21N5O3S/c1-11(2)17-14(23)18-13(22)10-25-16-20-19-15(24)21(16)9-8-12-6-4-3-5-7-12/h3-7,11H,8-10H2,1-2H3,(H,19,24)(H2,17,18,22,23). The lowest BCUT2D eigenvalue weighted by atomic mass is 10.1. The molecule has 0 aliphatic heterocycles. The molecule has 0 saturated carbocycles. The molecular weight excluding hydrogens is 342 g/mol. The molecular formula is C16H21N5O3S. The van der Waals surface area contributed by atoms with Gasteiger partial charge in [0.1, 0.15) is 0 Å². The van der Waals surface area contributed by atoms with Crippen LogP contribution in [0.4, 0.5) is 4.79 Å². The Morgan fingerprint density at radius 2 is 2.00 bits per heavy atom. The van der Waals surface area contributed by atoms with Crippen molar-refractivity contribution in [3.05, 3.63) is 46.4 Å². The molecule has 3 N–H and O–H groups in total. The number of benzene rings is 1. The number of rotatable bonds is 7. The van der Waals surface area contributed by atoms with Crippen molar-refractivity contribution in [3.63, 3.8) is 0 Å². The van der Waals surface area contributed by atoms with Gasteiger partial charge in [-0.2, -0.15) is 0 Å². The van der Waals surface area contributed by atoms with Crippen LogP contribution < -0.4 is 16.3 Å². The number of aryl methyl sites for hydroxylation is 1. The van der Waals surface area contributed by atoms with Crippen LogP contribution in [0, 0.1) is 0 Å². The summed E-state index contributed by atoms with van der Waals surface area (Å²) in [6.45, 7) is 4.05. The third-order valence-corrected chi connectivity index (χ3v) is 4.17. The molecule has 0 atom stereocenters. The van der Waals surface area contributed by atoms with Crippen LogP contribution in [0.25, 0.3) is 0 Å². The summed E-state index contributed by atoms with van der Waals surface area (Å²) in [6, 6.07) is 9.19. The molecule has 8 nitrogen and oxygen atoms in total. The Morgan fingerprint density at radius 1 is 1.28 bits per heavy atom. The number of imide groups is 1. The highest BCUT2D eigenvalue weighted by Crippen LogP contribution is 2.13. The lowest BCUT2D eigenvalue weighted by Crippen LogP contribution is -2.43. The number of thioether (sulfide) groups is 1. The number of aromatic amines is 1. The second-order valence-corrected chi connectivity index (χ2v) is 6.61. The Morgan fingerprint density at radius 3 is 2.68 bits per heavy atom. The van der Waals surface area contributed by atoms with E-state index in [2.05, 4.69) is 20.8 Å². The van der Waals surface area contributed by atoms with Gasteiger partial charge in [0, 0.05) is 12.6 Å². The van der Waals surface area contributed by atoms with Crippen LogP contribution >= 0.6 is 11.8 Å². The largest absolute Gasteiger partial charge is 0.343 e. The highest BCUT2D eigenvalue weighted by atomic mass is 32.2. The minimum atomic E-state index is -0.538. The number of urea groups is 1. The first-order chi connectivity index (χ1) is 12.0. The molecule has 0 unspecified atom stereocenters. The molecule has 2 aromatic rings. The molecule has 134 valence electrons. The lowest BCUT2D eigenvalue weighted by molar-refractivity contribution is -0.117. The van der Waals surface area contributed by atoms with Crippen LogP contribution in [0.3, 0.4) is 0 Å². The van der Waals surface area contributed by atoms with Crippen LogP contribution in [-0.2, 0) is 17.8 Å². The molecule has 0 aliphatic carbocycles. The normalized spacial score (nSPS) is 10.7. The van der Waals surface area contributed by atoms with E-state index in [-0.39, 0.29) is 17.5 Å². The van der Waals surface area contributed by atoms with Crippen LogP contribution in [0.2, 0.25) is 0 Å². The summed E-state index contributed by atoms with van der Waals surface area (Å²) in [4.78, 5) is 35.1. The van der Waals surface area contributed by atoms with Crippen molar-refractivity contribution in [1.82, 2.24) is 25.4 Å². The maximum absolute atomic E-state index is 11.9. The van der Waals surface area contributed by atoms with Gasteiger partial charge in [0.05, 0.1) is 5.75 Å². The zero-order valence-electron chi connectivity index (χ0n) is 14.1. The fourth-order valence-corrected chi connectivity index (χ4v) is 2.86. The fraction of sp³-hybridized carbons (Fsp3) is 0.375. The highest BCUT2D eigenvalue weighted by Gasteiger charge is 2.13. The topological polar surface area (TPSA) is 109 Å². The minimum Gasteiger partial charge on any atom is -0.336 e. The second kappa shape index (κ2) is 9.07. The van der Waals surface area contributed by atoms with Crippen molar-refractivity contribution in [2.45, 2.75) is 38.0 Å². The number of H-pyrrole nitrogens is 1. The van der Waals surface area contributed by atoms with Crippen molar-refractivity contribution >= 4 is 23.7 Å². The van der Waals surface area contributed by atoms with Gasteiger partial charge >= 0.3 is 11.7 Å². The van der Waals surface area contributed by atoms with E-state index in [1.165, 1.54) is 4.57 Å². The van der Waals surface area contributed by atoms with Gasteiger partial charge < -0.3 is 5.32 Å². The molecule has 0 spiro atoms. The first-order valence-corrected chi connectivity index (χ1v) is 8.86. The Labute approximate surface area is 149 Å². The Hall–Kier alpha value is -2.55. The zero-order valence-corrected chi connectivity index (χ0v) is 14.9. The number of hydrogen-bond donors (Lipinski definition) is 3. The first kappa shape index (κ1) is 18.8. The number of aromatic nitrogens is 3. The van der Waals surface area contributed by atoms with Gasteiger partial charge in [-0.25, -0.2) is 14.7 Å². The Balaban J connectivity index is 1.89. The van der Waals surface area contributed by atoms with E-state index in [1.807, 2.05) is 30.3 Å². The predicted octanol–water partition coefficient (Wildman–Crippen LogP) is 1.14. The highest BCUT2D eigenvalue weighted by molar-refractivity contribution is 7.99. The minimum absolute atomic E-state index is 0.0128. The van der Waals surface area contributed by atoms with Crippen LogP contribution in [0.5, 0.6) is 0 Å². The zero-order chi connectivity index (χ0) is 18.2. The van der Waals surface area contributed by atoms with Crippen LogP contribution in [-0.4, -0.2) is 38.5 Å². The van der Waals surface area contributed by atoms with Crippen LogP contribution in [0.15, 0.2) is 40.3 Å². The van der Waals surface area contributed by atoms with Gasteiger partial charge in [-0.15, -0.1) is 5.10 Å². The van der Waals surface area contributed by atoms with E-state index < -0.39 is 11.9 Å². The Kier molecular flexibility index (Phi) is 6.81. The molecule has 0 bridgehead atoms. The van der Waals surface area contributed by atoms with Crippen LogP contribution in [0.1, 0.15) is 19.4 Å². The molecule has 1 aromatic carbocycles. The molecule has 0 radical (unpaired) electrons. The van der Waals surface area contributed by atoms with Gasteiger partial charge in [0.25, 0.3) is 0 Å². The number of nitrogens with zero attached hydrogens (tertiary/aromatic N) is 2. The molecule has 1 aromatic heterocycles.